The van der Waals surface area contributed by atoms with Crippen LogP contribution in [-0.2, 0) is 26.6 Å². The molecule has 0 aliphatic rings. The highest BCUT2D eigenvalue weighted by molar-refractivity contribution is 7.92. The molecule has 0 bridgehead atoms. The summed E-state index contributed by atoms with van der Waals surface area (Å²) in [6.07, 6.45) is 1.43. The van der Waals surface area contributed by atoms with Crippen LogP contribution < -0.4 is 14.8 Å². The molecule has 12 nitrogen and oxygen atoms in total. The Morgan fingerprint density at radius 3 is 2.16 bits per heavy atom. The third kappa shape index (κ3) is 6.42. The van der Waals surface area contributed by atoms with E-state index >= 15 is 0 Å². The van der Waals surface area contributed by atoms with Gasteiger partial charge in [-0.1, -0.05) is 12.1 Å². The number of carbonyl (C=O) groups excluding carboxylic acids is 1. The molecule has 0 spiro atoms. The number of hydrogen-bond donors (Lipinski definition) is 3. The highest BCUT2D eigenvalue weighted by atomic mass is 32.2. The topological polar surface area (TPSA) is 178 Å². The number of benzene rings is 3. The van der Waals surface area contributed by atoms with Crippen LogP contribution in [0.15, 0.2) is 105 Å². The Morgan fingerprint density at radius 1 is 0.816 bits per heavy atom. The molecule has 0 fully saturated rings. The van der Waals surface area contributed by atoms with Gasteiger partial charge in [0.1, 0.15) is 5.76 Å². The standard InChI is InChI=1S/C24H20N4O8S2/c29-24(26-19-4-1-7-22(14-19)37(32,33)25-16-21-6-3-13-36-21)17-9-11-18(12-10-17)27-38(34,35)23-8-2-5-20(15-23)28(30)31/h1-15,25,27H,16H2,(H,26,29). The summed E-state index contributed by atoms with van der Waals surface area (Å²) in [5, 5.41) is 13.5. The highest BCUT2D eigenvalue weighted by Crippen LogP contribution is 2.22. The maximum Gasteiger partial charge on any atom is 0.270 e. The number of carbonyl (C=O) groups is 1. The predicted octanol–water partition coefficient (Wildman–Crippen LogP) is 3.72. The Morgan fingerprint density at radius 2 is 1.50 bits per heavy atom. The summed E-state index contributed by atoms with van der Waals surface area (Å²) in [6, 6.07) is 19.0. The fourth-order valence-electron chi connectivity index (χ4n) is 3.27. The van der Waals surface area contributed by atoms with Crippen molar-refractivity contribution in [2.24, 2.45) is 0 Å². The van der Waals surface area contributed by atoms with E-state index in [1.165, 1.54) is 73.0 Å². The van der Waals surface area contributed by atoms with Crippen LogP contribution in [0.4, 0.5) is 17.1 Å². The normalized spacial score (nSPS) is 11.6. The van der Waals surface area contributed by atoms with Gasteiger partial charge in [0.15, 0.2) is 0 Å². The van der Waals surface area contributed by atoms with Crippen LogP contribution in [0.25, 0.3) is 0 Å². The second-order valence-electron chi connectivity index (χ2n) is 7.82. The lowest BCUT2D eigenvalue weighted by atomic mass is 10.2. The number of nitrogens with zero attached hydrogens (tertiary/aromatic N) is 1. The molecule has 1 amide bonds. The molecule has 4 aromatic rings. The molecular weight excluding hydrogens is 536 g/mol. The number of furan rings is 1. The molecule has 0 saturated heterocycles. The SMILES string of the molecule is O=C(Nc1cccc(S(=O)(=O)NCc2ccco2)c1)c1ccc(NS(=O)(=O)c2cccc([N+](=O)[O-])c2)cc1. The van der Waals surface area contributed by atoms with Crippen LogP contribution in [-0.4, -0.2) is 27.7 Å². The van der Waals surface area contributed by atoms with Gasteiger partial charge in [0, 0.05) is 29.1 Å². The maximum atomic E-state index is 12.7. The second kappa shape index (κ2) is 10.8. The van der Waals surface area contributed by atoms with Crippen LogP contribution in [0, 0.1) is 10.1 Å². The third-order valence-corrected chi connectivity index (χ3v) is 7.93. The van der Waals surface area contributed by atoms with Crippen LogP contribution in [0.2, 0.25) is 0 Å². The molecular formula is C24H20N4O8S2. The van der Waals surface area contributed by atoms with Gasteiger partial charge in [-0.05, 0) is 60.7 Å². The zero-order valence-corrected chi connectivity index (χ0v) is 21.0. The molecule has 0 aliphatic heterocycles. The van der Waals surface area contributed by atoms with Crippen LogP contribution in [0.5, 0.6) is 0 Å². The van der Waals surface area contributed by atoms with Crippen LogP contribution in [0.3, 0.4) is 0 Å². The van der Waals surface area contributed by atoms with Crippen LogP contribution in [0.1, 0.15) is 16.1 Å². The van der Waals surface area contributed by atoms with Crippen molar-refractivity contribution >= 4 is 43.0 Å². The number of sulfonamides is 2. The number of hydrogen-bond acceptors (Lipinski definition) is 8. The molecule has 3 N–H and O–H groups in total. The van der Waals surface area contributed by atoms with E-state index in [4.69, 9.17) is 4.42 Å². The van der Waals surface area contributed by atoms with Gasteiger partial charge in [0.2, 0.25) is 10.0 Å². The number of nitro benzene ring substituents is 1. The fraction of sp³-hybridized carbons (Fsp3) is 0.0417. The fourth-order valence-corrected chi connectivity index (χ4v) is 5.41. The Kier molecular flexibility index (Phi) is 7.57. The quantitative estimate of drug-likeness (QED) is 0.195. The molecule has 3 aromatic carbocycles. The summed E-state index contributed by atoms with van der Waals surface area (Å²) in [5.74, 6) is -0.120. The lowest BCUT2D eigenvalue weighted by Gasteiger charge is -2.10. The zero-order chi connectivity index (χ0) is 27.3. The van der Waals surface area contributed by atoms with E-state index < -0.39 is 30.9 Å². The summed E-state index contributed by atoms with van der Waals surface area (Å²) >= 11 is 0. The van der Waals surface area contributed by atoms with E-state index in [1.54, 1.807) is 12.1 Å². The van der Waals surface area contributed by atoms with Crippen molar-refractivity contribution < 1.29 is 31.0 Å². The van der Waals surface area contributed by atoms with Crippen molar-refractivity contribution in [2.45, 2.75) is 16.3 Å². The van der Waals surface area contributed by atoms with Gasteiger partial charge in [0.05, 0.1) is 27.5 Å². The van der Waals surface area contributed by atoms with Gasteiger partial charge >= 0.3 is 0 Å². The van der Waals surface area contributed by atoms with E-state index in [2.05, 4.69) is 14.8 Å². The number of anilines is 2. The first-order valence-corrected chi connectivity index (χ1v) is 13.8. The number of nitrogens with one attached hydrogen (secondary N) is 3. The summed E-state index contributed by atoms with van der Waals surface area (Å²) in [7, 11) is -7.99. The van der Waals surface area contributed by atoms with Gasteiger partial charge in [-0.3, -0.25) is 19.6 Å². The first-order valence-electron chi connectivity index (χ1n) is 10.8. The van der Waals surface area contributed by atoms with E-state index in [-0.39, 0.29) is 39.0 Å². The van der Waals surface area contributed by atoms with E-state index in [0.29, 0.717) is 5.76 Å². The molecule has 1 heterocycles. The first kappa shape index (κ1) is 26.5. The van der Waals surface area contributed by atoms with Gasteiger partial charge < -0.3 is 9.73 Å². The van der Waals surface area contributed by atoms with E-state index in [1.807, 2.05) is 0 Å². The number of non-ortho nitro benzene ring substituents is 1. The minimum absolute atomic E-state index is 0.0385. The van der Waals surface area contributed by atoms with Crippen molar-refractivity contribution in [2.75, 3.05) is 10.0 Å². The Balaban J connectivity index is 1.42. The van der Waals surface area contributed by atoms with Crippen molar-refractivity contribution in [1.82, 2.24) is 4.72 Å². The maximum absolute atomic E-state index is 12.7. The molecule has 0 saturated carbocycles. The molecule has 0 aliphatic carbocycles. The molecule has 4 rings (SSSR count). The molecule has 0 radical (unpaired) electrons. The summed E-state index contributed by atoms with van der Waals surface area (Å²) in [5.41, 5.74) is 0.160. The minimum atomic E-state index is -4.11. The van der Waals surface area contributed by atoms with Crippen molar-refractivity contribution in [3.8, 4) is 0 Å². The summed E-state index contributed by atoms with van der Waals surface area (Å²) in [4.78, 5) is 22.6. The smallest absolute Gasteiger partial charge is 0.270 e. The Labute approximate surface area is 217 Å². The Bertz CT molecular complexity index is 1690. The monoisotopic (exact) mass is 556 g/mol. The number of nitro groups is 1. The lowest BCUT2D eigenvalue weighted by molar-refractivity contribution is -0.385. The number of rotatable bonds is 10. The molecule has 0 atom stereocenters. The average Bonchev–Trinajstić information content (AvgIpc) is 3.42. The average molecular weight is 557 g/mol. The van der Waals surface area contributed by atoms with Crippen LogP contribution >= 0.6 is 0 Å². The largest absolute Gasteiger partial charge is 0.468 e. The minimum Gasteiger partial charge on any atom is -0.468 e. The molecule has 0 unspecified atom stereocenters. The molecule has 1 aromatic heterocycles. The number of amides is 1. The van der Waals surface area contributed by atoms with Crippen molar-refractivity contribution in [3.05, 3.63) is 113 Å². The predicted molar refractivity (Wildman–Crippen MR) is 137 cm³/mol. The zero-order valence-electron chi connectivity index (χ0n) is 19.4. The molecule has 196 valence electrons. The summed E-state index contributed by atoms with van der Waals surface area (Å²) < 4.78 is 60.2. The van der Waals surface area contributed by atoms with Gasteiger partial charge in [-0.2, -0.15) is 0 Å². The lowest BCUT2D eigenvalue weighted by Crippen LogP contribution is -2.23. The van der Waals surface area contributed by atoms with Gasteiger partial charge in [0.25, 0.3) is 21.6 Å². The molecule has 14 heteroatoms. The molecule has 38 heavy (non-hydrogen) atoms. The van der Waals surface area contributed by atoms with E-state index in [9.17, 15) is 31.7 Å². The van der Waals surface area contributed by atoms with Gasteiger partial charge in [-0.15, -0.1) is 0 Å². The van der Waals surface area contributed by atoms with Crippen molar-refractivity contribution in [1.29, 1.82) is 0 Å². The first-order chi connectivity index (χ1) is 18.0. The van der Waals surface area contributed by atoms with Crippen molar-refractivity contribution in [3.63, 3.8) is 0 Å². The highest BCUT2D eigenvalue weighted by Gasteiger charge is 2.19. The van der Waals surface area contributed by atoms with E-state index in [0.717, 1.165) is 6.07 Å². The van der Waals surface area contributed by atoms with Gasteiger partial charge in [-0.25, -0.2) is 21.6 Å². The Hall–Kier alpha value is -4.53. The summed E-state index contributed by atoms with van der Waals surface area (Å²) in [6.45, 7) is -0.0385. The third-order valence-electron chi connectivity index (χ3n) is 5.16. The second-order valence-corrected chi connectivity index (χ2v) is 11.3.